The lowest BCUT2D eigenvalue weighted by molar-refractivity contribution is -0.140. The molecule has 43 heavy (non-hydrogen) atoms. The molecule has 11 heteroatoms. The number of carbonyl (C=O) groups excluding carboxylic acids is 2. The molecule has 232 valence electrons. The minimum atomic E-state index is -4.21. The number of hydrogen-bond acceptors (Lipinski definition) is 7. The number of amides is 2. The van der Waals surface area contributed by atoms with Crippen LogP contribution in [0.2, 0.25) is 0 Å². The van der Waals surface area contributed by atoms with Crippen LogP contribution >= 0.6 is 0 Å². The summed E-state index contributed by atoms with van der Waals surface area (Å²) < 4.78 is 45.1. The summed E-state index contributed by atoms with van der Waals surface area (Å²) in [5, 5.41) is 2.93. The van der Waals surface area contributed by atoms with Crippen molar-refractivity contribution >= 4 is 27.5 Å². The van der Waals surface area contributed by atoms with Crippen LogP contribution in [0.3, 0.4) is 0 Å². The smallest absolute Gasteiger partial charge is 0.264 e. The summed E-state index contributed by atoms with van der Waals surface area (Å²) in [6, 6.07) is 18.9. The van der Waals surface area contributed by atoms with Gasteiger partial charge in [-0.3, -0.25) is 13.9 Å². The molecule has 0 aliphatic heterocycles. The van der Waals surface area contributed by atoms with Gasteiger partial charge in [0.15, 0.2) is 11.5 Å². The second kappa shape index (κ2) is 15.8. The summed E-state index contributed by atoms with van der Waals surface area (Å²) in [6.07, 6.45) is 2.04. The highest BCUT2D eigenvalue weighted by atomic mass is 32.2. The van der Waals surface area contributed by atoms with E-state index in [0.717, 1.165) is 22.7 Å². The van der Waals surface area contributed by atoms with Gasteiger partial charge >= 0.3 is 0 Å². The predicted octanol–water partition coefficient (Wildman–Crippen LogP) is 4.63. The summed E-state index contributed by atoms with van der Waals surface area (Å²) in [5.41, 5.74) is 0.970. The zero-order chi connectivity index (χ0) is 31.4. The number of ether oxygens (including phenoxy) is 3. The number of nitrogens with one attached hydrogen (secondary N) is 1. The average Bonchev–Trinajstić information content (AvgIpc) is 3.03. The number of unbranched alkanes of at least 4 members (excludes halogenated alkanes) is 1. The molecule has 0 aliphatic rings. The van der Waals surface area contributed by atoms with Gasteiger partial charge in [0.05, 0.1) is 31.9 Å². The molecule has 0 aliphatic carbocycles. The summed E-state index contributed by atoms with van der Waals surface area (Å²) >= 11 is 0. The Kier molecular flexibility index (Phi) is 12.2. The maximum absolute atomic E-state index is 14.2. The van der Waals surface area contributed by atoms with Crippen LogP contribution in [0.15, 0.2) is 77.7 Å². The first-order valence-corrected chi connectivity index (χ1v) is 15.6. The molecule has 3 aromatic carbocycles. The average molecular weight is 612 g/mol. The fourth-order valence-electron chi connectivity index (χ4n) is 4.58. The van der Waals surface area contributed by atoms with Gasteiger partial charge in [0.2, 0.25) is 11.8 Å². The lowest BCUT2D eigenvalue weighted by Crippen LogP contribution is -2.52. The van der Waals surface area contributed by atoms with Gasteiger partial charge in [-0.25, -0.2) is 8.42 Å². The van der Waals surface area contributed by atoms with Gasteiger partial charge < -0.3 is 24.4 Å². The van der Waals surface area contributed by atoms with Crippen molar-refractivity contribution in [1.29, 1.82) is 0 Å². The molecular weight excluding hydrogens is 570 g/mol. The normalized spacial score (nSPS) is 11.7. The first-order valence-electron chi connectivity index (χ1n) is 14.2. The van der Waals surface area contributed by atoms with Crippen LogP contribution in [0, 0.1) is 0 Å². The molecular formula is C32H41N3O7S. The molecule has 0 saturated carbocycles. The van der Waals surface area contributed by atoms with Crippen LogP contribution in [0.5, 0.6) is 17.2 Å². The third-order valence-corrected chi connectivity index (χ3v) is 8.78. The minimum Gasteiger partial charge on any atom is -0.497 e. The number of sulfonamides is 1. The number of methoxy groups -OCH3 is 3. The second-order valence-corrected chi connectivity index (χ2v) is 11.7. The van der Waals surface area contributed by atoms with E-state index < -0.39 is 28.5 Å². The molecule has 1 N–H and O–H groups in total. The molecule has 10 nitrogen and oxygen atoms in total. The number of rotatable bonds is 16. The predicted molar refractivity (Wildman–Crippen MR) is 166 cm³/mol. The molecule has 0 fully saturated rings. The first-order chi connectivity index (χ1) is 20.7. The van der Waals surface area contributed by atoms with E-state index in [2.05, 4.69) is 5.32 Å². The highest BCUT2D eigenvalue weighted by Crippen LogP contribution is 2.34. The molecule has 0 unspecified atom stereocenters. The van der Waals surface area contributed by atoms with E-state index in [9.17, 15) is 18.0 Å². The lowest BCUT2D eigenvalue weighted by Gasteiger charge is -2.33. The third kappa shape index (κ3) is 8.41. The van der Waals surface area contributed by atoms with Crippen molar-refractivity contribution in [3.05, 3.63) is 78.4 Å². The standard InChI is InChI=1S/C32H41N3O7S/c1-6-8-20-33-32(37)28(7-2)34(22-24-14-17-26(40-3)18-15-24)31(36)23-35(43(38,39)27-12-10-9-11-13-27)25-16-19-29(41-4)30(21-25)42-5/h9-19,21,28H,6-8,20,22-23H2,1-5H3,(H,33,37)/t28-/m0/s1. The fourth-order valence-corrected chi connectivity index (χ4v) is 6.01. The van der Waals surface area contributed by atoms with E-state index in [1.54, 1.807) is 49.6 Å². The van der Waals surface area contributed by atoms with Crippen LogP contribution in [0.1, 0.15) is 38.7 Å². The van der Waals surface area contributed by atoms with Gasteiger partial charge in [-0.15, -0.1) is 0 Å². The van der Waals surface area contributed by atoms with Crippen molar-refractivity contribution in [2.45, 2.75) is 50.6 Å². The van der Waals surface area contributed by atoms with Gasteiger partial charge in [-0.05, 0) is 54.8 Å². The summed E-state index contributed by atoms with van der Waals surface area (Å²) in [6.45, 7) is 3.87. The number of anilines is 1. The van der Waals surface area contributed by atoms with Crippen molar-refractivity contribution in [1.82, 2.24) is 10.2 Å². The van der Waals surface area contributed by atoms with Gasteiger partial charge in [-0.2, -0.15) is 0 Å². The third-order valence-electron chi connectivity index (χ3n) is 6.99. The molecule has 0 aromatic heterocycles. The highest BCUT2D eigenvalue weighted by Gasteiger charge is 2.34. The summed E-state index contributed by atoms with van der Waals surface area (Å²) in [5.74, 6) is 0.534. The first kappa shape index (κ1) is 33.3. The molecule has 0 spiro atoms. The van der Waals surface area contributed by atoms with E-state index in [1.807, 2.05) is 26.0 Å². The molecule has 0 bridgehead atoms. The Balaban J connectivity index is 2.07. The Bertz CT molecular complexity index is 1450. The van der Waals surface area contributed by atoms with E-state index in [1.165, 1.54) is 37.3 Å². The van der Waals surface area contributed by atoms with Crippen LogP contribution in [-0.4, -0.2) is 65.6 Å². The second-order valence-electron chi connectivity index (χ2n) is 9.80. The lowest BCUT2D eigenvalue weighted by atomic mass is 10.1. The zero-order valence-electron chi connectivity index (χ0n) is 25.4. The van der Waals surface area contributed by atoms with Crippen LogP contribution in [-0.2, 0) is 26.2 Å². The van der Waals surface area contributed by atoms with Crippen LogP contribution in [0.4, 0.5) is 5.69 Å². The maximum Gasteiger partial charge on any atom is 0.264 e. The number of carbonyl (C=O) groups is 2. The van der Waals surface area contributed by atoms with Gasteiger partial charge in [0, 0.05) is 19.2 Å². The van der Waals surface area contributed by atoms with Crippen molar-refractivity contribution in [3.63, 3.8) is 0 Å². The largest absolute Gasteiger partial charge is 0.497 e. The van der Waals surface area contributed by atoms with E-state index in [-0.39, 0.29) is 23.0 Å². The van der Waals surface area contributed by atoms with Gasteiger partial charge in [0.1, 0.15) is 18.3 Å². The number of benzene rings is 3. The molecule has 2 amide bonds. The number of nitrogens with zero attached hydrogens (tertiary/aromatic N) is 2. The SMILES string of the molecule is CCCCNC(=O)[C@H](CC)N(Cc1ccc(OC)cc1)C(=O)CN(c1ccc(OC)c(OC)c1)S(=O)(=O)c1ccccc1. The topological polar surface area (TPSA) is 114 Å². The summed E-state index contributed by atoms with van der Waals surface area (Å²) in [7, 11) is 0.283. The van der Waals surface area contributed by atoms with E-state index >= 15 is 0 Å². The molecule has 3 aromatic rings. The quantitative estimate of drug-likeness (QED) is 0.235. The molecule has 0 radical (unpaired) electrons. The van der Waals surface area contributed by atoms with Crippen LogP contribution < -0.4 is 23.8 Å². The monoisotopic (exact) mass is 611 g/mol. The Labute approximate surface area is 254 Å². The van der Waals surface area contributed by atoms with Crippen LogP contribution in [0.25, 0.3) is 0 Å². The molecule has 0 heterocycles. The maximum atomic E-state index is 14.2. The molecule has 1 atom stereocenters. The minimum absolute atomic E-state index is 0.0173. The Morgan fingerprint density at radius 2 is 1.53 bits per heavy atom. The van der Waals surface area contributed by atoms with Crippen molar-refractivity contribution in [2.75, 3.05) is 38.7 Å². The molecule has 3 rings (SSSR count). The Hall–Kier alpha value is -4.25. The zero-order valence-corrected chi connectivity index (χ0v) is 26.2. The van der Waals surface area contributed by atoms with E-state index in [0.29, 0.717) is 30.2 Å². The van der Waals surface area contributed by atoms with Crippen molar-refractivity contribution in [2.24, 2.45) is 0 Å². The summed E-state index contributed by atoms with van der Waals surface area (Å²) in [4.78, 5) is 29.0. The van der Waals surface area contributed by atoms with Crippen molar-refractivity contribution in [3.8, 4) is 17.2 Å². The van der Waals surface area contributed by atoms with Gasteiger partial charge in [0.25, 0.3) is 10.0 Å². The highest BCUT2D eigenvalue weighted by molar-refractivity contribution is 7.92. The van der Waals surface area contributed by atoms with E-state index in [4.69, 9.17) is 14.2 Å². The van der Waals surface area contributed by atoms with Crippen molar-refractivity contribution < 1.29 is 32.2 Å². The van der Waals surface area contributed by atoms with Gasteiger partial charge in [-0.1, -0.05) is 50.6 Å². The number of hydrogen-bond donors (Lipinski definition) is 1. The Morgan fingerprint density at radius 3 is 2.12 bits per heavy atom. The fraction of sp³-hybridized carbons (Fsp3) is 0.375. The Morgan fingerprint density at radius 1 is 0.860 bits per heavy atom. The molecule has 0 saturated heterocycles.